The number of nitrogens with two attached hydrogens (primary N) is 1. The smallest absolute Gasteiger partial charge is 0.316 e. The number of hydrogen-bond donors (Lipinski definition) is 4. The Kier molecular flexibility index (Phi) is 6.85. The zero-order valence-corrected chi connectivity index (χ0v) is 16.4. The minimum atomic E-state index is -0.979. The fourth-order valence-electron chi connectivity index (χ4n) is 2.92. The first-order valence-corrected chi connectivity index (χ1v) is 9.42. The molecule has 3 amide bonds. The van der Waals surface area contributed by atoms with Gasteiger partial charge >= 0.3 is 12.0 Å². The lowest BCUT2D eigenvalue weighted by atomic mass is 10.1. The number of amides is 3. The third-order valence-corrected chi connectivity index (χ3v) is 4.32. The van der Waals surface area contributed by atoms with E-state index in [0.29, 0.717) is 22.7 Å². The molecule has 158 valence electrons. The van der Waals surface area contributed by atoms with E-state index in [1.165, 1.54) is 0 Å². The molecule has 1 atom stereocenters. The van der Waals surface area contributed by atoms with Gasteiger partial charge in [-0.3, -0.25) is 9.59 Å². The number of carboxylic acid groups (broad SMARTS) is 1. The summed E-state index contributed by atoms with van der Waals surface area (Å²) in [6.07, 6.45) is -0.873. The lowest BCUT2D eigenvalue weighted by Crippen LogP contribution is -2.19. The summed E-state index contributed by atoms with van der Waals surface area (Å²) < 4.78 is 5.91. The topological polar surface area (TPSA) is 131 Å². The summed E-state index contributed by atoms with van der Waals surface area (Å²) in [5.41, 5.74) is 7.15. The number of ether oxygens (including phenoxy) is 1. The van der Waals surface area contributed by atoms with E-state index in [9.17, 15) is 19.5 Å². The highest BCUT2D eigenvalue weighted by Crippen LogP contribution is 2.27. The van der Waals surface area contributed by atoms with Crippen LogP contribution >= 0.6 is 0 Å². The minimum absolute atomic E-state index is 0.202. The van der Waals surface area contributed by atoms with E-state index in [2.05, 4.69) is 10.6 Å². The SMILES string of the molecule is NC(=O)Nc1ccc(C(=O)Nc2cccc(OC(CC(=O)O)c3ccccc3)c2)cc1. The largest absolute Gasteiger partial charge is 0.485 e. The molecule has 0 bridgehead atoms. The molecule has 0 aliphatic carbocycles. The quantitative estimate of drug-likeness (QED) is 0.438. The van der Waals surface area contributed by atoms with Gasteiger partial charge in [0.05, 0.1) is 6.42 Å². The average Bonchev–Trinajstić information content (AvgIpc) is 2.74. The van der Waals surface area contributed by atoms with Gasteiger partial charge in [0.2, 0.25) is 0 Å². The molecule has 0 spiro atoms. The summed E-state index contributed by atoms with van der Waals surface area (Å²) in [5, 5.41) is 14.4. The normalized spacial score (nSPS) is 11.2. The molecular weight excluding hydrogens is 398 g/mol. The maximum atomic E-state index is 12.5. The van der Waals surface area contributed by atoms with Gasteiger partial charge in [-0.2, -0.15) is 0 Å². The van der Waals surface area contributed by atoms with Crippen LogP contribution in [0.15, 0.2) is 78.9 Å². The number of rotatable bonds is 8. The second-order valence-electron chi connectivity index (χ2n) is 6.66. The number of anilines is 2. The Bertz CT molecular complexity index is 1070. The van der Waals surface area contributed by atoms with E-state index in [1.807, 2.05) is 18.2 Å². The van der Waals surface area contributed by atoms with Crippen LogP contribution in [0.1, 0.15) is 28.4 Å². The van der Waals surface area contributed by atoms with Crippen LogP contribution in [0.5, 0.6) is 5.75 Å². The van der Waals surface area contributed by atoms with Crippen molar-refractivity contribution < 1.29 is 24.2 Å². The number of carboxylic acids is 1. The third kappa shape index (κ3) is 6.33. The van der Waals surface area contributed by atoms with Gasteiger partial charge in [0.15, 0.2) is 0 Å². The highest BCUT2D eigenvalue weighted by molar-refractivity contribution is 6.04. The van der Waals surface area contributed by atoms with Gasteiger partial charge in [-0.15, -0.1) is 0 Å². The number of aliphatic carboxylic acids is 1. The summed E-state index contributed by atoms with van der Waals surface area (Å²) in [5.74, 6) is -0.908. The Labute approximate surface area is 178 Å². The molecule has 0 aliphatic heterocycles. The van der Waals surface area contributed by atoms with Crippen LogP contribution in [0.2, 0.25) is 0 Å². The summed E-state index contributed by atoms with van der Waals surface area (Å²) >= 11 is 0. The molecule has 3 aromatic carbocycles. The number of primary amides is 1. The lowest BCUT2D eigenvalue weighted by molar-refractivity contribution is -0.138. The van der Waals surface area contributed by atoms with Gasteiger partial charge in [0, 0.05) is 23.0 Å². The Morgan fingerprint density at radius 3 is 2.23 bits per heavy atom. The first-order valence-electron chi connectivity index (χ1n) is 9.42. The van der Waals surface area contributed by atoms with Crippen LogP contribution in [-0.4, -0.2) is 23.0 Å². The van der Waals surface area contributed by atoms with Gasteiger partial charge in [0.25, 0.3) is 5.91 Å². The molecule has 1 unspecified atom stereocenters. The van der Waals surface area contributed by atoms with Crippen molar-refractivity contribution in [3.63, 3.8) is 0 Å². The highest BCUT2D eigenvalue weighted by atomic mass is 16.5. The van der Waals surface area contributed by atoms with Crippen molar-refractivity contribution in [1.82, 2.24) is 0 Å². The second-order valence-corrected chi connectivity index (χ2v) is 6.66. The molecule has 0 heterocycles. The molecule has 0 saturated heterocycles. The Morgan fingerprint density at radius 2 is 1.58 bits per heavy atom. The Morgan fingerprint density at radius 1 is 0.871 bits per heavy atom. The zero-order valence-electron chi connectivity index (χ0n) is 16.4. The predicted molar refractivity (Wildman–Crippen MR) is 116 cm³/mol. The van der Waals surface area contributed by atoms with Gasteiger partial charge in [-0.1, -0.05) is 36.4 Å². The first kappa shape index (κ1) is 21.4. The van der Waals surface area contributed by atoms with Gasteiger partial charge in [-0.25, -0.2) is 4.79 Å². The molecule has 0 radical (unpaired) electrons. The predicted octanol–water partition coefficient (Wildman–Crippen LogP) is 4.02. The fraction of sp³-hybridized carbons (Fsp3) is 0.0870. The first-order chi connectivity index (χ1) is 14.9. The molecule has 31 heavy (non-hydrogen) atoms. The number of nitrogens with one attached hydrogen (secondary N) is 2. The van der Waals surface area contributed by atoms with Crippen LogP contribution in [0.3, 0.4) is 0 Å². The standard InChI is InChI=1S/C23H21N3O5/c24-23(30)26-17-11-9-16(10-12-17)22(29)25-18-7-4-8-19(13-18)31-20(14-21(27)28)15-5-2-1-3-6-15/h1-13,20H,14H2,(H,25,29)(H,27,28)(H3,24,26,30). The Hall–Kier alpha value is -4.33. The van der Waals surface area contributed by atoms with E-state index < -0.39 is 18.1 Å². The van der Waals surface area contributed by atoms with Crippen LogP contribution in [0, 0.1) is 0 Å². The van der Waals surface area contributed by atoms with E-state index >= 15 is 0 Å². The summed E-state index contributed by atoms with van der Waals surface area (Å²) in [6, 6.07) is 21.3. The fourth-order valence-corrected chi connectivity index (χ4v) is 2.92. The van der Waals surface area contributed by atoms with Gasteiger partial charge in [0.1, 0.15) is 11.9 Å². The number of carbonyl (C=O) groups excluding carboxylic acids is 2. The van der Waals surface area contributed by atoms with Gasteiger partial charge < -0.3 is 26.2 Å². The summed E-state index contributed by atoms with van der Waals surface area (Å²) in [4.78, 5) is 34.6. The van der Waals surface area contributed by atoms with E-state index in [-0.39, 0.29) is 12.3 Å². The molecule has 8 nitrogen and oxygen atoms in total. The molecule has 0 saturated carbocycles. The summed E-state index contributed by atoms with van der Waals surface area (Å²) in [7, 11) is 0. The van der Waals surface area contributed by atoms with E-state index in [0.717, 1.165) is 5.56 Å². The Balaban J connectivity index is 1.71. The number of benzene rings is 3. The molecular formula is C23H21N3O5. The van der Waals surface area contributed by atoms with Crippen molar-refractivity contribution in [3.8, 4) is 5.75 Å². The molecule has 0 aromatic heterocycles. The second kappa shape index (κ2) is 9.93. The van der Waals surface area contributed by atoms with E-state index in [4.69, 9.17) is 10.5 Å². The molecule has 0 fully saturated rings. The maximum Gasteiger partial charge on any atom is 0.316 e. The van der Waals surface area contributed by atoms with Gasteiger partial charge in [-0.05, 0) is 42.0 Å². The van der Waals surface area contributed by atoms with E-state index in [1.54, 1.807) is 60.7 Å². The number of urea groups is 1. The molecule has 3 rings (SSSR count). The van der Waals surface area contributed by atoms with Crippen molar-refractivity contribution in [1.29, 1.82) is 0 Å². The van der Waals surface area contributed by atoms with Crippen molar-refractivity contribution in [2.45, 2.75) is 12.5 Å². The molecule has 3 aromatic rings. The third-order valence-electron chi connectivity index (χ3n) is 4.32. The van der Waals surface area contributed by atoms with Crippen molar-refractivity contribution in [2.24, 2.45) is 5.73 Å². The van der Waals surface area contributed by atoms with Crippen molar-refractivity contribution in [2.75, 3.05) is 10.6 Å². The average molecular weight is 419 g/mol. The molecule has 0 aliphatic rings. The molecule has 8 heteroatoms. The van der Waals surface area contributed by atoms with Crippen LogP contribution in [0.25, 0.3) is 0 Å². The number of hydrogen-bond acceptors (Lipinski definition) is 4. The van der Waals surface area contributed by atoms with Crippen LogP contribution in [0.4, 0.5) is 16.2 Å². The molecule has 5 N–H and O–H groups in total. The van der Waals surface area contributed by atoms with Crippen LogP contribution < -0.4 is 21.1 Å². The monoisotopic (exact) mass is 419 g/mol. The van der Waals surface area contributed by atoms with Crippen LogP contribution in [-0.2, 0) is 4.79 Å². The lowest BCUT2D eigenvalue weighted by Gasteiger charge is -2.18. The summed E-state index contributed by atoms with van der Waals surface area (Å²) in [6.45, 7) is 0. The minimum Gasteiger partial charge on any atom is -0.485 e. The maximum absolute atomic E-state index is 12.5. The van der Waals surface area contributed by atoms with Crippen molar-refractivity contribution >= 4 is 29.3 Å². The highest BCUT2D eigenvalue weighted by Gasteiger charge is 2.18. The van der Waals surface area contributed by atoms with Crippen molar-refractivity contribution in [3.05, 3.63) is 90.0 Å². The zero-order chi connectivity index (χ0) is 22.2. The number of carbonyl (C=O) groups is 3.